The van der Waals surface area contributed by atoms with Gasteiger partial charge in [0, 0.05) is 24.2 Å². The Hall–Kier alpha value is -3.59. The molecule has 0 unspecified atom stereocenters. The van der Waals surface area contributed by atoms with Gasteiger partial charge in [-0.05, 0) is 42.3 Å². The molecule has 0 spiro atoms. The van der Waals surface area contributed by atoms with E-state index in [0.29, 0.717) is 31.0 Å². The van der Waals surface area contributed by atoms with Crippen LogP contribution in [0.3, 0.4) is 0 Å². The minimum absolute atomic E-state index is 0.159. The number of furan rings is 1. The second-order valence-electron chi connectivity index (χ2n) is 6.80. The lowest BCUT2D eigenvalue weighted by molar-refractivity contribution is -0.387. The average Bonchev–Trinajstić information content (AvgIpc) is 3.33. The average molecular weight is 457 g/mol. The molecule has 0 saturated carbocycles. The number of nitrogens with zero attached hydrogens (tertiary/aromatic N) is 2. The van der Waals surface area contributed by atoms with Crippen LogP contribution in [0.15, 0.2) is 81.8 Å². The number of methoxy groups -OCH3 is 2. The smallest absolute Gasteiger partial charge is 0.285 e. The molecule has 0 N–H and O–H groups in total. The van der Waals surface area contributed by atoms with Crippen molar-refractivity contribution in [2.45, 2.75) is 17.9 Å². The van der Waals surface area contributed by atoms with Gasteiger partial charge in [-0.15, -0.1) is 0 Å². The van der Waals surface area contributed by atoms with Crippen molar-refractivity contribution in [2.24, 2.45) is 0 Å². The molecule has 3 rings (SSSR count). The van der Waals surface area contributed by atoms with E-state index >= 15 is 0 Å². The fourth-order valence-corrected chi connectivity index (χ4v) is 4.10. The highest BCUT2D eigenvalue weighted by molar-refractivity contribution is 7.88. The largest absolute Gasteiger partial charge is 0.493 e. The van der Waals surface area contributed by atoms with Gasteiger partial charge in [-0.25, -0.2) is 4.21 Å². The maximum absolute atomic E-state index is 12.7. The standard InChI is InChI=1S/C23H24N2O6S/c1-29-21-10-9-18(16-22(21)30-2)11-12-24(17-19-6-5-14-31-19)13-15-32(28)23-8-4-3-7-20(23)25(26)27/h3-10,13-16H,11-12,17H2,1-2H3/b15-13-/t32-/m1/s1. The summed E-state index contributed by atoms with van der Waals surface area (Å²) in [5.41, 5.74) is 0.874. The fourth-order valence-electron chi connectivity index (χ4n) is 3.11. The molecule has 1 aromatic heterocycles. The summed E-state index contributed by atoms with van der Waals surface area (Å²) in [7, 11) is 1.50. The van der Waals surface area contributed by atoms with E-state index in [-0.39, 0.29) is 10.6 Å². The second-order valence-corrected chi connectivity index (χ2v) is 8.10. The van der Waals surface area contributed by atoms with Crippen LogP contribution in [0.4, 0.5) is 5.69 Å². The first kappa shape index (κ1) is 23.1. The topological polar surface area (TPSA) is 95.0 Å². The van der Waals surface area contributed by atoms with E-state index in [9.17, 15) is 14.3 Å². The van der Waals surface area contributed by atoms with E-state index in [1.807, 2.05) is 29.2 Å². The Morgan fingerprint density at radius 1 is 1.09 bits per heavy atom. The normalized spacial score (nSPS) is 11.9. The number of hydrogen-bond donors (Lipinski definition) is 0. The number of para-hydroxylation sites is 1. The van der Waals surface area contributed by atoms with Crippen LogP contribution in [0.1, 0.15) is 11.3 Å². The Kier molecular flexibility index (Phi) is 8.04. The van der Waals surface area contributed by atoms with Gasteiger partial charge in [-0.3, -0.25) is 10.1 Å². The zero-order valence-corrected chi connectivity index (χ0v) is 18.6. The van der Waals surface area contributed by atoms with Crippen LogP contribution in [0.5, 0.6) is 11.5 Å². The monoisotopic (exact) mass is 456 g/mol. The summed E-state index contributed by atoms with van der Waals surface area (Å²) in [5.74, 6) is 2.05. The third-order valence-corrected chi connectivity index (χ3v) is 5.90. The Labute approximate surface area is 188 Å². The number of nitro benzene ring substituents is 1. The lowest BCUT2D eigenvalue weighted by atomic mass is 10.1. The molecule has 0 saturated heterocycles. The predicted molar refractivity (Wildman–Crippen MR) is 121 cm³/mol. The van der Waals surface area contributed by atoms with Gasteiger partial charge in [0.2, 0.25) is 0 Å². The maximum Gasteiger partial charge on any atom is 0.285 e. The third-order valence-electron chi connectivity index (χ3n) is 4.75. The van der Waals surface area contributed by atoms with Crippen molar-refractivity contribution in [1.29, 1.82) is 0 Å². The van der Waals surface area contributed by atoms with Crippen LogP contribution in [-0.4, -0.2) is 34.8 Å². The number of benzene rings is 2. The van der Waals surface area contributed by atoms with Crippen molar-refractivity contribution in [1.82, 2.24) is 4.90 Å². The highest BCUT2D eigenvalue weighted by Crippen LogP contribution is 2.28. The molecule has 168 valence electrons. The molecular formula is C23H24N2O6S. The van der Waals surface area contributed by atoms with Gasteiger partial charge in [0.15, 0.2) is 11.5 Å². The molecule has 1 heterocycles. The molecule has 3 aromatic rings. The van der Waals surface area contributed by atoms with Crippen molar-refractivity contribution in [3.05, 3.63) is 93.9 Å². The molecule has 0 aliphatic carbocycles. The minimum Gasteiger partial charge on any atom is -0.493 e. The zero-order valence-electron chi connectivity index (χ0n) is 17.8. The highest BCUT2D eigenvalue weighted by Gasteiger charge is 2.16. The van der Waals surface area contributed by atoms with Crippen molar-refractivity contribution in [2.75, 3.05) is 20.8 Å². The van der Waals surface area contributed by atoms with E-state index in [2.05, 4.69) is 0 Å². The number of ether oxygens (including phenoxy) is 2. The van der Waals surface area contributed by atoms with Gasteiger partial charge >= 0.3 is 0 Å². The Morgan fingerprint density at radius 2 is 1.88 bits per heavy atom. The summed E-state index contributed by atoms with van der Waals surface area (Å²) in [6.45, 7) is 1.06. The summed E-state index contributed by atoms with van der Waals surface area (Å²) < 4.78 is 28.8. The Morgan fingerprint density at radius 3 is 2.56 bits per heavy atom. The van der Waals surface area contributed by atoms with E-state index in [4.69, 9.17) is 13.9 Å². The molecule has 0 fully saturated rings. The van der Waals surface area contributed by atoms with E-state index in [0.717, 1.165) is 11.3 Å². The van der Waals surface area contributed by atoms with Crippen LogP contribution in [0.2, 0.25) is 0 Å². The lowest BCUT2D eigenvalue weighted by Crippen LogP contribution is -2.20. The molecular weight excluding hydrogens is 432 g/mol. The van der Waals surface area contributed by atoms with Gasteiger partial charge in [0.25, 0.3) is 5.69 Å². The fraction of sp³-hybridized carbons (Fsp3) is 0.217. The van der Waals surface area contributed by atoms with Crippen LogP contribution in [0.25, 0.3) is 0 Å². The molecule has 0 bridgehead atoms. The summed E-state index contributed by atoms with van der Waals surface area (Å²) in [4.78, 5) is 12.8. The molecule has 8 nitrogen and oxygen atoms in total. The summed E-state index contributed by atoms with van der Waals surface area (Å²) in [6.07, 6.45) is 3.97. The molecule has 32 heavy (non-hydrogen) atoms. The first-order valence-corrected chi connectivity index (χ1v) is 11.0. The highest BCUT2D eigenvalue weighted by atomic mass is 32.2. The predicted octanol–water partition coefficient (Wildman–Crippen LogP) is 4.53. The minimum atomic E-state index is -1.67. The van der Waals surface area contributed by atoms with E-state index in [1.165, 1.54) is 17.5 Å². The SMILES string of the molecule is COc1ccc(CCN(/C=C\[S@@](=O)c2ccccc2[N+](=O)[O-])Cc2ccco2)cc1OC. The molecule has 2 aromatic carbocycles. The molecule has 0 aliphatic rings. The van der Waals surface area contributed by atoms with Crippen LogP contribution in [0, 0.1) is 10.1 Å². The van der Waals surface area contributed by atoms with Crippen molar-refractivity contribution in [3.8, 4) is 11.5 Å². The summed E-state index contributed by atoms with van der Waals surface area (Å²) >= 11 is 0. The Bertz CT molecular complexity index is 1100. The molecule has 9 heteroatoms. The zero-order chi connectivity index (χ0) is 22.9. The van der Waals surface area contributed by atoms with Gasteiger partial charge < -0.3 is 18.8 Å². The number of hydrogen-bond acceptors (Lipinski definition) is 7. The number of nitro groups is 1. The van der Waals surface area contributed by atoms with Crippen LogP contribution in [-0.2, 0) is 23.8 Å². The second kappa shape index (κ2) is 11.1. The first-order valence-electron chi connectivity index (χ1n) is 9.81. The van der Waals surface area contributed by atoms with Crippen LogP contribution < -0.4 is 9.47 Å². The quantitative estimate of drug-likeness (QED) is 0.309. The summed E-state index contributed by atoms with van der Waals surface area (Å²) in [6, 6.07) is 15.4. The van der Waals surface area contributed by atoms with E-state index in [1.54, 1.807) is 44.9 Å². The third kappa shape index (κ3) is 5.98. The van der Waals surface area contributed by atoms with E-state index < -0.39 is 15.7 Å². The van der Waals surface area contributed by atoms with Gasteiger partial charge in [-0.2, -0.15) is 0 Å². The van der Waals surface area contributed by atoms with Crippen molar-refractivity contribution < 1.29 is 23.0 Å². The maximum atomic E-state index is 12.7. The van der Waals surface area contributed by atoms with Crippen molar-refractivity contribution in [3.63, 3.8) is 0 Å². The first-order chi connectivity index (χ1) is 15.5. The number of rotatable bonds is 11. The molecule has 0 amide bonds. The molecule has 0 aliphatic heterocycles. The van der Waals surface area contributed by atoms with Gasteiger partial charge in [-0.1, -0.05) is 18.2 Å². The Balaban J connectivity index is 1.76. The van der Waals surface area contributed by atoms with Gasteiger partial charge in [0.1, 0.15) is 10.7 Å². The molecule has 1 atom stereocenters. The van der Waals surface area contributed by atoms with Crippen molar-refractivity contribution >= 4 is 16.5 Å². The molecule has 0 radical (unpaired) electrons. The van der Waals surface area contributed by atoms with Gasteiger partial charge in [0.05, 0.1) is 42.8 Å². The van der Waals surface area contributed by atoms with Crippen LogP contribution >= 0.6 is 0 Å². The summed E-state index contributed by atoms with van der Waals surface area (Å²) in [5, 5.41) is 12.7. The lowest BCUT2D eigenvalue weighted by Gasteiger charge is -2.19.